The second kappa shape index (κ2) is 7.32. The SMILES string of the molecule is COc1ccccc1N1CC(=O)N(/N=C/c2ccccc2C(=O)O)C1=S. The lowest BCUT2D eigenvalue weighted by molar-refractivity contribution is -0.124. The number of ether oxygens (including phenoxy) is 1. The molecule has 1 aliphatic rings. The number of hydrazone groups is 1. The molecule has 1 N–H and O–H groups in total. The van der Waals surface area contributed by atoms with Crippen LogP contribution in [0.5, 0.6) is 5.75 Å². The number of carbonyl (C=O) groups is 2. The first kappa shape index (κ1) is 17.6. The van der Waals surface area contributed by atoms with E-state index in [0.29, 0.717) is 17.0 Å². The molecule has 0 spiro atoms. The summed E-state index contributed by atoms with van der Waals surface area (Å²) in [4.78, 5) is 25.2. The third kappa shape index (κ3) is 3.27. The van der Waals surface area contributed by atoms with Gasteiger partial charge in [0.25, 0.3) is 5.91 Å². The molecule has 2 aromatic carbocycles. The van der Waals surface area contributed by atoms with Gasteiger partial charge in [-0.25, -0.2) is 4.79 Å². The topological polar surface area (TPSA) is 82.4 Å². The van der Waals surface area contributed by atoms with E-state index in [2.05, 4.69) is 5.10 Å². The number of anilines is 1. The average Bonchev–Trinajstić information content (AvgIpc) is 2.93. The molecule has 2 aromatic rings. The minimum Gasteiger partial charge on any atom is -0.495 e. The maximum absolute atomic E-state index is 12.3. The van der Waals surface area contributed by atoms with Crippen LogP contribution >= 0.6 is 12.2 Å². The Morgan fingerprint density at radius 3 is 2.65 bits per heavy atom. The number of carboxylic acids is 1. The van der Waals surface area contributed by atoms with Crippen molar-refractivity contribution in [3.63, 3.8) is 0 Å². The van der Waals surface area contributed by atoms with Crippen molar-refractivity contribution >= 4 is 41.1 Å². The summed E-state index contributed by atoms with van der Waals surface area (Å²) in [6.07, 6.45) is 1.32. The van der Waals surface area contributed by atoms with Crippen LogP contribution in [-0.4, -0.2) is 47.0 Å². The Morgan fingerprint density at radius 1 is 1.23 bits per heavy atom. The molecule has 0 radical (unpaired) electrons. The minimum atomic E-state index is -1.07. The predicted molar refractivity (Wildman–Crippen MR) is 101 cm³/mol. The Labute approximate surface area is 155 Å². The highest BCUT2D eigenvalue weighted by atomic mass is 32.1. The van der Waals surface area contributed by atoms with Crippen molar-refractivity contribution in [2.24, 2.45) is 5.10 Å². The van der Waals surface area contributed by atoms with Gasteiger partial charge in [0.2, 0.25) is 5.11 Å². The summed E-state index contributed by atoms with van der Waals surface area (Å²) in [5.74, 6) is -0.798. The van der Waals surface area contributed by atoms with Crippen LogP contribution in [0.4, 0.5) is 5.69 Å². The summed E-state index contributed by atoms with van der Waals surface area (Å²) in [7, 11) is 1.54. The molecular weight excluding hydrogens is 354 g/mol. The zero-order valence-corrected chi connectivity index (χ0v) is 14.6. The Kier molecular flexibility index (Phi) is 4.94. The average molecular weight is 369 g/mol. The van der Waals surface area contributed by atoms with Crippen LogP contribution in [-0.2, 0) is 4.79 Å². The summed E-state index contributed by atoms with van der Waals surface area (Å²) < 4.78 is 5.31. The number of para-hydroxylation sites is 2. The number of thiocarbonyl (C=S) groups is 1. The molecule has 3 rings (SSSR count). The molecule has 8 heteroatoms. The summed E-state index contributed by atoms with van der Waals surface area (Å²) in [6, 6.07) is 13.6. The molecule has 1 fully saturated rings. The molecule has 0 aromatic heterocycles. The Balaban J connectivity index is 1.88. The largest absolute Gasteiger partial charge is 0.495 e. The van der Waals surface area contributed by atoms with Gasteiger partial charge in [0.05, 0.1) is 24.6 Å². The molecule has 1 amide bonds. The normalized spacial score (nSPS) is 14.3. The highest BCUT2D eigenvalue weighted by Crippen LogP contribution is 2.30. The van der Waals surface area contributed by atoms with Crippen LogP contribution < -0.4 is 9.64 Å². The number of carboxylic acid groups (broad SMARTS) is 1. The lowest BCUT2D eigenvalue weighted by Gasteiger charge is -2.19. The van der Waals surface area contributed by atoms with Crippen molar-refractivity contribution in [2.75, 3.05) is 18.6 Å². The molecule has 7 nitrogen and oxygen atoms in total. The fourth-order valence-electron chi connectivity index (χ4n) is 2.57. The van der Waals surface area contributed by atoms with Crippen LogP contribution in [0.15, 0.2) is 53.6 Å². The number of hydrogen-bond donors (Lipinski definition) is 1. The first-order valence-electron chi connectivity index (χ1n) is 7.66. The van der Waals surface area contributed by atoms with Gasteiger partial charge in [-0.2, -0.15) is 10.1 Å². The maximum atomic E-state index is 12.3. The zero-order chi connectivity index (χ0) is 18.7. The lowest BCUT2D eigenvalue weighted by atomic mass is 10.1. The van der Waals surface area contributed by atoms with Gasteiger partial charge in [-0.15, -0.1) is 0 Å². The molecule has 0 atom stereocenters. The lowest BCUT2D eigenvalue weighted by Crippen LogP contribution is -2.29. The van der Waals surface area contributed by atoms with Gasteiger partial charge in [0, 0.05) is 5.56 Å². The molecule has 0 bridgehead atoms. The van der Waals surface area contributed by atoms with Crippen LogP contribution in [0.3, 0.4) is 0 Å². The van der Waals surface area contributed by atoms with Crippen LogP contribution in [0, 0.1) is 0 Å². The number of benzene rings is 2. The first-order chi connectivity index (χ1) is 12.5. The van der Waals surface area contributed by atoms with E-state index in [1.807, 2.05) is 12.1 Å². The van der Waals surface area contributed by atoms with Crippen molar-refractivity contribution in [2.45, 2.75) is 0 Å². The highest BCUT2D eigenvalue weighted by Gasteiger charge is 2.35. The quantitative estimate of drug-likeness (QED) is 0.644. The number of amides is 1. The fourth-order valence-corrected chi connectivity index (χ4v) is 2.88. The number of rotatable bonds is 5. The number of nitrogens with zero attached hydrogens (tertiary/aromatic N) is 3. The van der Waals surface area contributed by atoms with Gasteiger partial charge in [-0.05, 0) is 30.4 Å². The number of hydrogen-bond acceptors (Lipinski definition) is 5. The molecule has 132 valence electrons. The second-order valence-electron chi connectivity index (χ2n) is 5.38. The van der Waals surface area contributed by atoms with Gasteiger partial charge in [0.1, 0.15) is 12.3 Å². The van der Waals surface area contributed by atoms with Crippen LogP contribution in [0.2, 0.25) is 0 Å². The minimum absolute atomic E-state index is 0.0249. The van der Waals surface area contributed by atoms with Gasteiger partial charge in [-0.1, -0.05) is 30.3 Å². The highest BCUT2D eigenvalue weighted by molar-refractivity contribution is 7.80. The summed E-state index contributed by atoms with van der Waals surface area (Å²) >= 11 is 5.37. The fraction of sp³-hybridized carbons (Fsp3) is 0.111. The molecule has 1 aliphatic heterocycles. The maximum Gasteiger partial charge on any atom is 0.336 e. The van der Waals surface area contributed by atoms with Gasteiger partial charge < -0.3 is 14.7 Å². The zero-order valence-electron chi connectivity index (χ0n) is 13.8. The van der Waals surface area contributed by atoms with E-state index in [1.165, 1.54) is 12.3 Å². The van der Waals surface area contributed by atoms with Crippen LogP contribution in [0.25, 0.3) is 0 Å². The Bertz CT molecular complexity index is 913. The van der Waals surface area contributed by atoms with Gasteiger partial charge in [0.15, 0.2) is 0 Å². The standard InChI is InChI=1S/C18H15N3O4S/c1-25-15-9-5-4-8-14(15)20-11-16(22)21(18(20)26)19-10-12-6-2-3-7-13(12)17(23)24/h2-10H,11H2,1H3,(H,23,24)/b19-10+. The monoisotopic (exact) mass is 369 g/mol. The van der Waals surface area contributed by atoms with E-state index >= 15 is 0 Å². The molecule has 0 saturated carbocycles. The molecule has 1 saturated heterocycles. The van der Waals surface area contributed by atoms with E-state index in [1.54, 1.807) is 42.3 Å². The van der Waals surface area contributed by atoms with Crippen molar-refractivity contribution in [3.05, 3.63) is 59.7 Å². The summed E-state index contributed by atoms with van der Waals surface area (Å²) in [5.41, 5.74) is 1.14. The van der Waals surface area contributed by atoms with E-state index in [0.717, 1.165) is 5.01 Å². The van der Waals surface area contributed by atoms with Gasteiger partial charge >= 0.3 is 5.97 Å². The van der Waals surface area contributed by atoms with E-state index in [-0.39, 0.29) is 23.1 Å². The Morgan fingerprint density at radius 2 is 1.92 bits per heavy atom. The van der Waals surface area contributed by atoms with Gasteiger partial charge in [-0.3, -0.25) is 4.79 Å². The van der Waals surface area contributed by atoms with Crippen molar-refractivity contribution in [1.29, 1.82) is 0 Å². The Hall–Kier alpha value is -3.26. The third-order valence-corrected chi connectivity index (χ3v) is 4.21. The molecule has 1 heterocycles. The van der Waals surface area contributed by atoms with Crippen molar-refractivity contribution in [1.82, 2.24) is 5.01 Å². The van der Waals surface area contributed by atoms with E-state index in [9.17, 15) is 14.7 Å². The number of methoxy groups -OCH3 is 1. The first-order valence-corrected chi connectivity index (χ1v) is 8.07. The van der Waals surface area contributed by atoms with Crippen LogP contribution in [0.1, 0.15) is 15.9 Å². The summed E-state index contributed by atoms with van der Waals surface area (Å²) in [5, 5.41) is 14.6. The molecule has 0 aliphatic carbocycles. The molecular formula is C18H15N3O4S. The number of aromatic carboxylic acids is 1. The predicted octanol–water partition coefficient (Wildman–Crippen LogP) is 2.36. The number of carbonyl (C=O) groups excluding carboxylic acids is 1. The van der Waals surface area contributed by atoms with Crippen molar-refractivity contribution in [3.8, 4) is 5.75 Å². The smallest absolute Gasteiger partial charge is 0.336 e. The third-order valence-electron chi connectivity index (χ3n) is 3.82. The van der Waals surface area contributed by atoms with E-state index < -0.39 is 5.97 Å². The van der Waals surface area contributed by atoms with E-state index in [4.69, 9.17) is 17.0 Å². The second-order valence-corrected chi connectivity index (χ2v) is 5.75. The van der Waals surface area contributed by atoms with Crippen molar-refractivity contribution < 1.29 is 19.4 Å². The molecule has 26 heavy (non-hydrogen) atoms. The molecule has 0 unspecified atom stereocenters. The summed E-state index contributed by atoms with van der Waals surface area (Å²) in [6.45, 7) is 0.0249.